The van der Waals surface area contributed by atoms with Crippen molar-refractivity contribution in [3.8, 4) is 11.5 Å². The number of phenolic OH excluding ortho intramolecular Hbond substituents is 2. The zero-order valence-electron chi connectivity index (χ0n) is 11.4. The first kappa shape index (κ1) is 15.5. The molecule has 0 bridgehead atoms. The second-order valence-electron chi connectivity index (χ2n) is 4.91. The fourth-order valence-electron chi connectivity index (χ4n) is 2.17. The van der Waals surface area contributed by atoms with Crippen LogP contribution < -0.4 is 4.72 Å². The molecule has 3 rings (SSSR count). The number of aromatic hydroxyl groups is 2. The van der Waals surface area contributed by atoms with Gasteiger partial charge in [-0.2, -0.15) is 4.72 Å². The van der Waals surface area contributed by atoms with Crippen LogP contribution in [0.2, 0.25) is 5.02 Å². The molecule has 116 valence electrons. The highest BCUT2D eigenvalue weighted by molar-refractivity contribution is 8.02. The van der Waals surface area contributed by atoms with E-state index in [9.17, 15) is 18.6 Å². The van der Waals surface area contributed by atoms with Gasteiger partial charge in [-0.25, -0.2) is 8.42 Å². The molecular weight excluding hydrogens is 346 g/mol. The van der Waals surface area contributed by atoms with Crippen molar-refractivity contribution in [2.75, 3.05) is 0 Å². The number of benzene rings is 2. The molecule has 1 atom stereocenters. The van der Waals surface area contributed by atoms with E-state index in [0.29, 0.717) is 15.5 Å². The minimum Gasteiger partial charge on any atom is -0.508 e. The summed E-state index contributed by atoms with van der Waals surface area (Å²) in [4.78, 5) is 0.664. The summed E-state index contributed by atoms with van der Waals surface area (Å²) in [5, 5.41) is 19.2. The molecule has 3 N–H and O–H groups in total. The fraction of sp³-hybridized carbons (Fsp3) is 0.143. The first-order valence-corrected chi connectivity index (χ1v) is 9.03. The Hall–Kier alpha value is -1.41. The summed E-state index contributed by atoms with van der Waals surface area (Å²) in [6.45, 7) is 1.73. The third-order valence-electron chi connectivity index (χ3n) is 3.32. The normalized spacial score (nSPS) is 19.6. The van der Waals surface area contributed by atoms with Crippen LogP contribution in [0, 0.1) is 6.92 Å². The number of sulfonamides is 1. The summed E-state index contributed by atoms with van der Waals surface area (Å²) in [5.41, 5.74) is 0.959. The van der Waals surface area contributed by atoms with Gasteiger partial charge in [0, 0.05) is 15.5 Å². The van der Waals surface area contributed by atoms with Crippen LogP contribution in [-0.2, 0) is 10.0 Å². The van der Waals surface area contributed by atoms with Crippen LogP contribution in [0.4, 0.5) is 0 Å². The van der Waals surface area contributed by atoms with Gasteiger partial charge in [-0.15, -0.1) is 0 Å². The van der Waals surface area contributed by atoms with Crippen LogP contribution in [0.15, 0.2) is 40.1 Å². The molecule has 0 amide bonds. The predicted octanol–water partition coefficient (Wildman–Crippen LogP) is 3.14. The number of hydrogen-bond donors (Lipinski definition) is 3. The highest BCUT2D eigenvalue weighted by Crippen LogP contribution is 2.46. The number of halogens is 1. The maximum Gasteiger partial charge on any atom is 0.242 e. The summed E-state index contributed by atoms with van der Waals surface area (Å²) in [6, 6.07) is 7.09. The lowest BCUT2D eigenvalue weighted by molar-refractivity contribution is 0.452. The Bertz CT molecular complexity index is 867. The van der Waals surface area contributed by atoms with Crippen molar-refractivity contribution in [1.82, 2.24) is 4.72 Å². The number of aryl methyl sites for hydroxylation is 1. The van der Waals surface area contributed by atoms with Crippen LogP contribution in [0.5, 0.6) is 11.5 Å². The summed E-state index contributed by atoms with van der Waals surface area (Å²) >= 11 is 7.28. The van der Waals surface area contributed by atoms with Gasteiger partial charge in [-0.1, -0.05) is 23.4 Å². The van der Waals surface area contributed by atoms with Gasteiger partial charge in [0.15, 0.2) is 0 Å². The zero-order chi connectivity index (χ0) is 16.1. The Balaban J connectivity index is 2.12. The predicted molar refractivity (Wildman–Crippen MR) is 84.9 cm³/mol. The molecule has 1 heterocycles. The van der Waals surface area contributed by atoms with Crippen molar-refractivity contribution in [2.24, 2.45) is 0 Å². The van der Waals surface area contributed by atoms with Crippen LogP contribution in [0.25, 0.3) is 0 Å². The molecule has 5 nitrogen and oxygen atoms in total. The van der Waals surface area contributed by atoms with Crippen LogP contribution in [0.3, 0.4) is 0 Å². The Labute approximate surface area is 137 Å². The van der Waals surface area contributed by atoms with E-state index in [4.69, 9.17) is 11.6 Å². The third-order valence-corrected chi connectivity index (χ3v) is 6.66. The van der Waals surface area contributed by atoms with E-state index in [1.807, 2.05) is 0 Å². The molecule has 1 aliphatic heterocycles. The lowest BCUT2D eigenvalue weighted by atomic mass is 10.2. The summed E-state index contributed by atoms with van der Waals surface area (Å²) in [7, 11) is -3.73. The summed E-state index contributed by atoms with van der Waals surface area (Å²) in [5.74, 6) is -0.153. The maximum absolute atomic E-state index is 12.4. The summed E-state index contributed by atoms with van der Waals surface area (Å²) in [6.07, 6.45) is 0. The average Bonchev–Trinajstić information content (AvgIpc) is 2.43. The Morgan fingerprint density at radius 2 is 1.95 bits per heavy atom. The van der Waals surface area contributed by atoms with Crippen LogP contribution >= 0.6 is 23.4 Å². The minimum absolute atomic E-state index is 0.0552. The minimum atomic E-state index is -3.73. The third kappa shape index (κ3) is 2.65. The topological polar surface area (TPSA) is 86.6 Å². The molecule has 1 aliphatic rings. The first-order valence-electron chi connectivity index (χ1n) is 6.29. The molecule has 2 aromatic rings. The Morgan fingerprint density at radius 1 is 1.23 bits per heavy atom. The number of phenols is 2. The zero-order valence-corrected chi connectivity index (χ0v) is 13.8. The van der Waals surface area contributed by atoms with E-state index in [1.54, 1.807) is 13.0 Å². The van der Waals surface area contributed by atoms with Gasteiger partial charge in [-0.05, 0) is 42.8 Å². The molecule has 0 aliphatic carbocycles. The summed E-state index contributed by atoms with van der Waals surface area (Å²) < 4.78 is 27.3. The van der Waals surface area contributed by atoms with E-state index in [2.05, 4.69) is 4.72 Å². The maximum atomic E-state index is 12.4. The van der Waals surface area contributed by atoms with E-state index in [1.165, 1.54) is 36.0 Å². The highest BCUT2D eigenvalue weighted by atomic mass is 35.5. The van der Waals surface area contributed by atoms with E-state index < -0.39 is 15.4 Å². The van der Waals surface area contributed by atoms with Crippen LogP contribution in [0.1, 0.15) is 16.5 Å². The van der Waals surface area contributed by atoms with Crippen molar-refractivity contribution < 1.29 is 18.6 Å². The van der Waals surface area contributed by atoms with Gasteiger partial charge in [0.1, 0.15) is 16.9 Å². The number of rotatable bonds is 1. The second kappa shape index (κ2) is 5.34. The van der Waals surface area contributed by atoms with Crippen LogP contribution in [-0.4, -0.2) is 18.6 Å². The fourth-order valence-corrected chi connectivity index (χ4v) is 5.57. The molecular formula is C14H12ClNO4S2. The van der Waals surface area contributed by atoms with Gasteiger partial charge < -0.3 is 10.2 Å². The monoisotopic (exact) mass is 357 g/mol. The molecule has 8 heteroatoms. The van der Waals surface area contributed by atoms with E-state index in [-0.39, 0.29) is 22.0 Å². The molecule has 22 heavy (non-hydrogen) atoms. The SMILES string of the molecule is Cc1cc2c(cc1Cl)SC(c1cc(O)ccc1O)NS2(=O)=O. The van der Waals surface area contributed by atoms with Crippen molar-refractivity contribution in [1.29, 1.82) is 0 Å². The standard InChI is InChI=1S/C14H12ClNO4S2/c1-7-4-13-12(6-10(7)15)21-14(16-22(13,19)20)9-5-8(17)2-3-11(9)18/h2-6,14,16-18H,1H3. The molecule has 2 aromatic carbocycles. The molecule has 0 aromatic heterocycles. The van der Waals surface area contributed by atoms with Crippen molar-refractivity contribution in [3.05, 3.63) is 46.5 Å². The van der Waals surface area contributed by atoms with Crippen molar-refractivity contribution in [2.45, 2.75) is 22.1 Å². The van der Waals surface area contributed by atoms with Gasteiger partial charge in [0.25, 0.3) is 0 Å². The van der Waals surface area contributed by atoms with E-state index >= 15 is 0 Å². The number of fused-ring (bicyclic) bond motifs is 1. The number of nitrogens with one attached hydrogen (secondary N) is 1. The first-order chi connectivity index (χ1) is 10.3. The molecule has 0 radical (unpaired) electrons. The van der Waals surface area contributed by atoms with Crippen molar-refractivity contribution >= 4 is 33.4 Å². The largest absolute Gasteiger partial charge is 0.508 e. The molecule has 0 saturated heterocycles. The van der Waals surface area contributed by atoms with Gasteiger partial charge in [0.2, 0.25) is 10.0 Å². The van der Waals surface area contributed by atoms with Gasteiger partial charge in [0.05, 0.1) is 4.90 Å². The Morgan fingerprint density at radius 3 is 2.68 bits per heavy atom. The lowest BCUT2D eigenvalue weighted by Crippen LogP contribution is -2.31. The smallest absolute Gasteiger partial charge is 0.242 e. The highest BCUT2D eigenvalue weighted by Gasteiger charge is 2.33. The van der Waals surface area contributed by atoms with Gasteiger partial charge >= 0.3 is 0 Å². The van der Waals surface area contributed by atoms with Crippen molar-refractivity contribution in [3.63, 3.8) is 0 Å². The second-order valence-corrected chi connectivity index (χ2v) is 8.15. The van der Waals surface area contributed by atoms with E-state index in [0.717, 1.165) is 0 Å². The molecule has 0 fully saturated rings. The van der Waals surface area contributed by atoms with Gasteiger partial charge in [-0.3, -0.25) is 0 Å². The number of hydrogen-bond acceptors (Lipinski definition) is 5. The average molecular weight is 358 g/mol. The molecule has 0 saturated carbocycles. The lowest BCUT2D eigenvalue weighted by Gasteiger charge is -2.26. The molecule has 1 unspecified atom stereocenters. The quantitative estimate of drug-likeness (QED) is 0.682. The molecule has 0 spiro atoms. The Kier molecular flexibility index (Phi) is 3.76. The number of thioether (sulfide) groups is 1.